The molecule has 1 N–H and O–H groups in total. The molecule has 1 saturated heterocycles. The van der Waals surface area contributed by atoms with Crippen molar-refractivity contribution in [2.45, 2.75) is 12.8 Å². The summed E-state index contributed by atoms with van der Waals surface area (Å²) in [6.07, 6.45) is 0.474. The molecule has 2 atom stereocenters. The molecule has 1 aliphatic carbocycles. The van der Waals surface area contributed by atoms with Gasteiger partial charge in [-0.3, -0.25) is 4.79 Å². The summed E-state index contributed by atoms with van der Waals surface area (Å²) in [5.74, 6) is -0.127. The second-order valence-corrected chi connectivity index (χ2v) is 4.23. The predicted molar refractivity (Wildman–Crippen MR) is 53.5 cm³/mol. The fourth-order valence-corrected chi connectivity index (χ4v) is 2.62. The van der Waals surface area contributed by atoms with Crippen molar-refractivity contribution in [1.82, 2.24) is 4.90 Å². The summed E-state index contributed by atoms with van der Waals surface area (Å²) < 4.78 is 0. The minimum Gasteiger partial charge on any atom is -0.465 e. The van der Waals surface area contributed by atoms with Gasteiger partial charge in [0.15, 0.2) is 0 Å². The van der Waals surface area contributed by atoms with Crippen LogP contribution in [-0.4, -0.2) is 35.1 Å². The van der Waals surface area contributed by atoms with Crippen molar-refractivity contribution >= 4 is 12.0 Å². The van der Waals surface area contributed by atoms with E-state index in [-0.39, 0.29) is 23.7 Å². The van der Waals surface area contributed by atoms with Crippen LogP contribution in [0, 0.1) is 17.8 Å². The fourth-order valence-electron chi connectivity index (χ4n) is 2.62. The van der Waals surface area contributed by atoms with Crippen LogP contribution in [0.5, 0.6) is 0 Å². The maximum Gasteiger partial charge on any atom is 0.407 e. The van der Waals surface area contributed by atoms with Gasteiger partial charge in [0.1, 0.15) is 0 Å². The molecule has 2 fully saturated rings. The number of fused-ring (bicyclic) bond motifs is 1. The first kappa shape index (κ1) is 10.8. The van der Waals surface area contributed by atoms with Gasteiger partial charge in [-0.1, -0.05) is 0 Å². The molecular formula is C9H12N4O3. The summed E-state index contributed by atoms with van der Waals surface area (Å²) >= 11 is 0. The van der Waals surface area contributed by atoms with E-state index in [0.29, 0.717) is 25.9 Å². The highest BCUT2D eigenvalue weighted by Crippen LogP contribution is 2.52. The summed E-state index contributed by atoms with van der Waals surface area (Å²) in [5.41, 5.74) is 8.17. The van der Waals surface area contributed by atoms with Crippen molar-refractivity contribution < 1.29 is 14.7 Å². The molecule has 0 aromatic heterocycles. The molecule has 1 heterocycles. The number of carbonyl (C=O) groups excluding carboxylic acids is 1. The lowest BCUT2D eigenvalue weighted by Gasteiger charge is -2.16. The molecule has 0 aromatic carbocycles. The van der Waals surface area contributed by atoms with Gasteiger partial charge in [-0.25, -0.2) is 4.79 Å². The molecular weight excluding hydrogens is 212 g/mol. The normalized spacial score (nSPS) is 32.0. The molecule has 0 aromatic rings. The van der Waals surface area contributed by atoms with E-state index in [1.54, 1.807) is 0 Å². The number of likely N-dealkylation sites (tertiary alicyclic amines) is 1. The monoisotopic (exact) mass is 224 g/mol. The third kappa shape index (κ3) is 1.81. The number of azide groups is 1. The fraction of sp³-hybridized carbons (Fsp3) is 0.778. The highest BCUT2D eigenvalue weighted by Gasteiger charge is 2.54. The number of hydrogen-bond donors (Lipinski definition) is 1. The van der Waals surface area contributed by atoms with Crippen molar-refractivity contribution in [3.8, 4) is 0 Å². The Balaban J connectivity index is 1.94. The number of rotatable bonds is 1. The van der Waals surface area contributed by atoms with Crippen LogP contribution in [0.3, 0.4) is 0 Å². The zero-order valence-electron chi connectivity index (χ0n) is 8.61. The second kappa shape index (κ2) is 4.02. The summed E-state index contributed by atoms with van der Waals surface area (Å²) in [6.45, 7) is 0.938. The number of nitrogens with zero attached hydrogens (tertiary/aromatic N) is 4. The van der Waals surface area contributed by atoms with Gasteiger partial charge in [-0.15, -0.1) is 0 Å². The van der Waals surface area contributed by atoms with Gasteiger partial charge < -0.3 is 10.0 Å². The zero-order valence-corrected chi connectivity index (χ0v) is 8.61. The minimum absolute atomic E-state index is 0.160. The first-order valence-corrected chi connectivity index (χ1v) is 5.22. The topological polar surface area (TPSA) is 106 Å². The number of carboxylic acid groups (broad SMARTS) is 1. The van der Waals surface area contributed by atoms with E-state index < -0.39 is 6.09 Å². The molecule has 2 amide bonds. The zero-order chi connectivity index (χ0) is 11.7. The minimum atomic E-state index is -0.903. The van der Waals surface area contributed by atoms with Crippen LogP contribution in [0.25, 0.3) is 10.4 Å². The smallest absolute Gasteiger partial charge is 0.407 e. The van der Waals surface area contributed by atoms with Crippen molar-refractivity contribution in [1.29, 1.82) is 0 Å². The summed E-state index contributed by atoms with van der Waals surface area (Å²) in [4.78, 5) is 26.0. The first-order chi connectivity index (χ1) is 7.65. The first-order valence-electron chi connectivity index (χ1n) is 5.22. The molecule has 7 heteroatoms. The molecule has 7 nitrogen and oxygen atoms in total. The predicted octanol–water partition coefficient (Wildman–Crippen LogP) is 1.46. The molecule has 2 unspecified atom stereocenters. The number of hydrogen-bond acceptors (Lipinski definition) is 2. The van der Waals surface area contributed by atoms with E-state index >= 15 is 0 Å². The molecule has 0 spiro atoms. The average molecular weight is 224 g/mol. The Hall–Kier alpha value is -1.75. The van der Waals surface area contributed by atoms with Gasteiger partial charge in [-0.2, -0.15) is 0 Å². The van der Waals surface area contributed by atoms with Crippen molar-refractivity contribution in [3.63, 3.8) is 0 Å². The lowest BCUT2D eigenvalue weighted by atomic mass is 10.2. The highest BCUT2D eigenvalue weighted by molar-refractivity contribution is 5.83. The van der Waals surface area contributed by atoms with Crippen LogP contribution in [0.2, 0.25) is 0 Å². The van der Waals surface area contributed by atoms with Crippen LogP contribution >= 0.6 is 0 Å². The SMILES string of the molecule is [N-]=[N+]=NC(=O)C1C2CCN(C(=O)O)CCC21. The third-order valence-corrected chi connectivity index (χ3v) is 3.50. The van der Waals surface area contributed by atoms with Crippen LogP contribution in [-0.2, 0) is 4.79 Å². The van der Waals surface area contributed by atoms with Crippen molar-refractivity contribution in [2.24, 2.45) is 22.9 Å². The Kier molecular flexibility index (Phi) is 2.70. The molecule has 0 bridgehead atoms. The van der Waals surface area contributed by atoms with Gasteiger partial charge in [0.2, 0.25) is 5.91 Å². The summed E-state index contributed by atoms with van der Waals surface area (Å²) in [6, 6.07) is 0. The Morgan fingerprint density at radius 3 is 2.31 bits per heavy atom. The molecule has 0 radical (unpaired) electrons. The second-order valence-electron chi connectivity index (χ2n) is 4.23. The van der Waals surface area contributed by atoms with Crippen LogP contribution < -0.4 is 0 Å². The number of amides is 2. The van der Waals surface area contributed by atoms with Crippen LogP contribution in [0.1, 0.15) is 12.8 Å². The van der Waals surface area contributed by atoms with Crippen LogP contribution in [0.15, 0.2) is 5.11 Å². The molecule has 1 aliphatic heterocycles. The van der Waals surface area contributed by atoms with Crippen molar-refractivity contribution in [3.05, 3.63) is 10.4 Å². The van der Waals surface area contributed by atoms with Crippen LogP contribution in [0.4, 0.5) is 4.79 Å². The van der Waals surface area contributed by atoms with E-state index in [2.05, 4.69) is 10.0 Å². The standard InChI is InChI=1S/C9H12N4O3/c10-12-11-8(14)7-5-1-3-13(9(15)16)4-2-6(5)7/h5-7H,1-4H2,(H,15,16). The van der Waals surface area contributed by atoms with E-state index in [9.17, 15) is 9.59 Å². The van der Waals surface area contributed by atoms with Gasteiger partial charge in [-0.05, 0) is 35.3 Å². The molecule has 2 aliphatic rings. The van der Waals surface area contributed by atoms with Gasteiger partial charge in [0.05, 0.1) is 0 Å². The third-order valence-electron chi connectivity index (χ3n) is 3.50. The Morgan fingerprint density at radius 2 is 1.88 bits per heavy atom. The van der Waals surface area contributed by atoms with Gasteiger partial charge in [0, 0.05) is 23.9 Å². The van der Waals surface area contributed by atoms with E-state index in [1.165, 1.54) is 4.90 Å². The number of carbonyl (C=O) groups is 2. The maximum atomic E-state index is 11.3. The summed E-state index contributed by atoms with van der Waals surface area (Å²) in [7, 11) is 0. The highest BCUT2D eigenvalue weighted by atomic mass is 16.4. The van der Waals surface area contributed by atoms with Gasteiger partial charge >= 0.3 is 6.09 Å². The van der Waals surface area contributed by atoms with E-state index in [0.717, 1.165) is 0 Å². The Morgan fingerprint density at radius 1 is 1.31 bits per heavy atom. The molecule has 2 rings (SSSR count). The molecule has 86 valence electrons. The lowest BCUT2D eigenvalue weighted by Crippen LogP contribution is -2.31. The van der Waals surface area contributed by atoms with Crippen molar-refractivity contribution in [2.75, 3.05) is 13.1 Å². The maximum absolute atomic E-state index is 11.3. The Bertz CT molecular complexity index is 363. The van der Waals surface area contributed by atoms with E-state index in [1.807, 2.05) is 0 Å². The quantitative estimate of drug-likeness (QED) is 0.413. The summed E-state index contributed by atoms with van der Waals surface area (Å²) in [5, 5.41) is 11.9. The largest absolute Gasteiger partial charge is 0.465 e. The molecule has 1 saturated carbocycles. The molecule has 16 heavy (non-hydrogen) atoms. The Labute approximate surface area is 91.7 Å². The van der Waals surface area contributed by atoms with E-state index in [4.69, 9.17) is 10.6 Å². The average Bonchev–Trinajstić information content (AvgIpc) is 2.90. The lowest BCUT2D eigenvalue weighted by molar-refractivity contribution is -0.119. The van der Waals surface area contributed by atoms with Gasteiger partial charge in [0.25, 0.3) is 0 Å².